The van der Waals surface area contributed by atoms with Crippen LogP contribution in [-0.2, 0) is 53.9 Å². The molecule has 0 aliphatic carbocycles. The van der Waals surface area contributed by atoms with E-state index in [9.17, 15) is 87.9 Å². The van der Waals surface area contributed by atoms with Crippen LogP contribution in [0, 0.1) is 11.6 Å². The summed E-state index contributed by atoms with van der Waals surface area (Å²) in [7, 11) is -3.16. The van der Waals surface area contributed by atoms with E-state index in [-0.39, 0.29) is 92.9 Å². The maximum Gasteiger partial charge on any atom is 0.451 e. The first-order chi connectivity index (χ1) is 37.8. The highest BCUT2D eigenvalue weighted by Crippen LogP contribution is 2.36. The van der Waals surface area contributed by atoms with E-state index in [1.165, 1.54) is 13.0 Å². The number of alkyl halides is 12. The summed E-state index contributed by atoms with van der Waals surface area (Å²) in [6.07, 6.45) is -14.3. The average molecular weight is 1250 g/mol. The number of hydrogen-bond donors (Lipinski definition) is 1. The van der Waals surface area contributed by atoms with E-state index >= 15 is 0 Å². The minimum Gasteiger partial charge on any atom is -0.302 e. The van der Waals surface area contributed by atoms with Crippen molar-refractivity contribution < 1.29 is 87.9 Å². The van der Waals surface area contributed by atoms with E-state index in [0.29, 0.717) is 0 Å². The fourth-order valence-corrected chi connectivity index (χ4v) is 10.9. The molecule has 2 fully saturated rings. The van der Waals surface area contributed by atoms with Crippen LogP contribution in [0.4, 0.5) is 61.5 Å². The lowest BCUT2D eigenvalue weighted by Crippen LogP contribution is -2.44. The van der Waals surface area contributed by atoms with Gasteiger partial charge >= 0.3 is 12.4 Å². The van der Waals surface area contributed by atoms with Crippen LogP contribution in [0.5, 0.6) is 0 Å². The number of aromatic nitrogens is 6. The smallest absolute Gasteiger partial charge is 0.302 e. The van der Waals surface area contributed by atoms with Gasteiger partial charge in [0.2, 0.25) is 21.7 Å². The zero-order valence-electron chi connectivity index (χ0n) is 42.1. The summed E-state index contributed by atoms with van der Waals surface area (Å²) in [6, 6.07) is 6.75. The van der Waals surface area contributed by atoms with E-state index in [1.54, 1.807) is 6.92 Å². The summed E-state index contributed by atoms with van der Waals surface area (Å²) in [5.41, 5.74) is -0.661. The maximum absolute atomic E-state index is 14.7. The molecule has 32 heteroatoms. The van der Waals surface area contributed by atoms with Gasteiger partial charge in [0, 0.05) is 102 Å². The summed E-state index contributed by atoms with van der Waals surface area (Å²) in [4.78, 5) is 45.6. The Hall–Kier alpha value is -6.34. The number of rotatable bonds is 15. The molecule has 6 heterocycles. The van der Waals surface area contributed by atoms with Gasteiger partial charge in [-0.25, -0.2) is 71.9 Å². The molecule has 0 bridgehead atoms. The summed E-state index contributed by atoms with van der Waals surface area (Å²) in [6.45, 7) is 2.91. The van der Waals surface area contributed by atoms with Crippen LogP contribution >= 0.6 is 23.1 Å². The number of benzene rings is 2. The molecule has 1 N–H and O–H groups in total. The number of aryl methyl sites for hydroxylation is 2. The molecule has 0 amide bonds. The number of carbonyl (C=O) groups excluding carboxylic acids is 2. The van der Waals surface area contributed by atoms with Gasteiger partial charge in [0.1, 0.15) is 29.8 Å². The van der Waals surface area contributed by atoms with Gasteiger partial charge in [0.05, 0.1) is 39.3 Å². The van der Waals surface area contributed by atoms with Gasteiger partial charge in [0.15, 0.2) is 5.78 Å². The summed E-state index contributed by atoms with van der Waals surface area (Å²) >= 11 is 0. The quantitative estimate of drug-likeness (QED) is 0.0754. The average Bonchev–Trinajstić information content (AvgIpc) is 3.90. The highest BCUT2D eigenvalue weighted by molar-refractivity contribution is 8.13. The van der Waals surface area contributed by atoms with Crippen LogP contribution in [0.15, 0.2) is 108 Å². The van der Waals surface area contributed by atoms with Crippen LogP contribution in [0.3, 0.4) is 0 Å². The van der Waals surface area contributed by atoms with Crippen LogP contribution in [-0.4, -0.2) is 99.1 Å². The van der Waals surface area contributed by atoms with Gasteiger partial charge in [-0.2, -0.15) is 30.6 Å². The van der Waals surface area contributed by atoms with Crippen molar-refractivity contribution in [3.63, 3.8) is 0 Å². The zero-order valence-corrected chi connectivity index (χ0v) is 45.3. The first kappa shape index (κ1) is 66.5. The molecule has 0 unspecified atom stereocenters. The number of ketones is 2. The highest BCUT2D eigenvalue weighted by atomic mass is 35.7. The molecule has 4 aromatic heterocycles. The van der Waals surface area contributed by atoms with Gasteiger partial charge in [0.25, 0.3) is 21.9 Å². The molecule has 8 rings (SSSR count). The van der Waals surface area contributed by atoms with Crippen molar-refractivity contribution in [1.29, 1.82) is 0 Å². The number of pyridine rings is 2. The van der Waals surface area contributed by atoms with Gasteiger partial charge in [-0.15, -0.1) is 12.4 Å². The van der Waals surface area contributed by atoms with Crippen LogP contribution in [0.25, 0.3) is 22.5 Å². The Balaban J connectivity index is 0.000000257. The third-order valence-electron chi connectivity index (χ3n) is 12.6. The molecular formula is C50H44Cl2F14N8O6S2. The molecule has 2 aliphatic heterocycles. The van der Waals surface area contributed by atoms with Crippen LogP contribution in [0.1, 0.15) is 86.3 Å². The van der Waals surface area contributed by atoms with Gasteiger partial charge in [-0.3, -0.25) is 19.6 Å². The van der Waals surface area contributed by atoms with E-state index in [1.807, 2.05) is 0 Å². The van der Waals surface area contributed by atoms with Crippen LogP contribution < -0.4 is 5.32 Å². The Morgan fingerprint density at radius 3 is 1.39 bits per heavy atom. The second-order valence-electron chi connectivity index (χ2n) is 18.1. The molecule has 82 heavy (non-hydrogen) atoms. The van der Waals surface area contributed by atoms with Crippen molar-refractivity contribution in [3.05, 3.63) is 143 Å². The SMILES string of the molecule is C[C@@H]1N[C@H](C(=O)CCc2cc(-c3cnc(C(F)(F)F)nc3)ncc2C(F)F)C[C@H]1F.C[C@H]1[C@H](F)C[C@@H](C(=O)CCc2cc(-c3cnc(C(F)(F)F)nc3)ncc2C(F)F)N1S(=O)(=O)c1ccc(F)cc1.Cl.O=S(=O)(Cl)c1ccc(F)cc1. The fraction of sp³-hybridized carbons (Fsp3) is 0.360. The standard InChI is InChI=1S/C25H21F7N4O3S.C19H18F6N4O.C6H4ClFO2S.ClH/c1-13-19(27)9-21(36(13)40(38,39)17-5-3-16(26)4-6-17)22(37)7-2-14-8-20(33-12-18(14)23(28)29)15-10-34-24(35-11-15)25(30,31)32;1-9-13(20)5-15(29-9)16(30)3-2-10-4-14(26-8-12(10)17(21)22)11-6-27-18(28-7-11)19(23,24)25;7-11(9,10)6-3-1-5(8)2-4-6;/h3-6,8,10-13,19,21,23H,2,7,9H2,1H3;4,6-9,13,15,17,29H,2-3,5H2,1H3;1-4H;1H/t13-,19+,21-;9-,13+,15-;;/m00../s1. The molecule has 6 aromatic rings. The second-order valence-corrected chi connectivity index (χ2v) is 22.5. The highest BCUT2D eigenvalue weighted by Gasteiger charge is 2.49. The van der Waals surface area contributed by atoms with Crippen molar-refractivity contribution in [2.75, 3.05) is 0 Å². The van der Waals surface area contributed by atoms with Gasteiger partial charge < -0.3 is 5.32 Å². The van der Waals surface area contributed by atoms with Crippen molar-refractivity contribution >= 4 is 53.7 Å². The number of halogens is 16. The number of sulfonamides is 1. The Labute approximate surface area is 469 Å². The lowest BCUT2D eigenvalue weighted by Gasteiger charge is -2.27. The van der Waals surface area contributed by atoms with Gasteiger partial charge in [-0.1, -0.05) is 0 Å². The molecule has 0 spiro atoms. The second kappa shape index (κ2) is 27.4. The Morgan fingerprint density at radius 2 is 1.02 bits per heavy atom. The predicted octanol–water partition coefficient (Wildman–Crippen LogP) is 11.6. The van der Waals surface area contributed by atoms with Crippen LogP contribution in [0.2, 0.25) is 0 Å². The Bertz CT molecular complexity index is 3390. The summed E-state index contributed by atoms with van der Waals surface area (Å²) in [5, 5.41) is 2.84. The fourth-order valence-electron chi connectivity index (χ4n) is 8.31. The molecular weight excluding hydrogens is 1210 g/mol. The monoisotopic (exact) mass is 1250 g/mol. The Morgan fingerprint density at radius 1 is 0.622 bits per heavy atom. The summed E-state index contributed by atoms with van der Waals surface area (Å²) < 4.78 is 232. The zero-order chi connectivity index (χ0) is 59.9. The van der Waals surface area contributed by atoms with Crippen molar-refractivity contribution in [2.45, 2.75) is 124 Å². The van der Waals surface area contributed by atoms with E-state index in [0.717, 1.165) is 96.1 Å². The van der Waals surface area contributed by atoms with Crippen molar-refractivity contribution in [3.8, 4) is 22.5 Å². The molecule has 6 atom stereocenters. The molecule has 0 radical (unpaired) electrons. The van der Waals surface area contributed by atoms with Gasteiger partial charge in [-0.05, 0) is 98.5 Å². The number of nitrogens with one attached hydrogen (secondary N) is 1. The van der Waals surface area contributed by atoms with Crippen molar-refractivity contribution in [2.24, 2.45) is 0 Å². The van der Waals surface area contributed by atoms with E-state index in [2.05, 4.69) is 35.2 Å². The minimum absolute atomic E-state index is 0. The molecule has 2 saturated heterocycles. The molecule has 2 aliphatic rings. The lowest BCUT2D eigenvalue weighted by molar-refractivity contribution is -0.145. The Kier molecular flexibility index (Phi) is 22.2. The molecule has 14 nitrogen and oxygen atoms in total. The topological polar surface area (TPSA) is 195 Å². The van der Waals surface area contributed by atoms with E-state index in [4.69, 9.17) is 10.7 Å². The minimum atomic E-state index is -4.79. The third-order valence-corrected chi connectivity index (χ3v) is 16.0. The number of carbonyl (C=O) groups is 2. The number of Topliss-reactive ketones (excluding diaryl/α,β-unsaturated/α-hetero) is 2. The summed E-state index contributed by atoms with van der Waals surface area (Å²) in [5.74, 6) is -4.94. The van der Waals surface area contributed by atoms with E-state index < -0.39 is 128 Å². The molecule has 0 saturated carbocycles. The molecule has 2 aromatic carbocycles. The maximum atomic E-state index is 14.7. The van der Waals surface area contributed by atoms with Crippen molar-refractivity contribution in [1.82, 2.24) is 39.5 Å². The number of hydrogen-bond acceptors (Lipinski definition) is 13. The first-order valence-electron chi connectivity index (χ1n) is 23.7. The largest absolute Gasteiger partial charge is 0.451 e. The third kappa shape index (κ3) is 16.9. The molecule has 444 valence electrons. The number of nitrogens with zero attached hydrogens (tertiary/aromatic N) is 7. The lowest BCUT2D eigenvalue weighted by atomic mass is 9.98. The first-order valence-corrected chi connectivity index (χ1v) is 27.4. The predicted molar refractivity (Wildman–Crippen MR) is 268 cm³/mol. The normalized spacial score (nSPS) is 19.5.